The molecule has 3 aromatic rings. The Morgan fingerprint density at radius 1 is 1.25 bits per heavy atom. The molecule has 0 aromatic carbocycles. The lowest BCUT2D eigenvalue weighted by atomic mass is 10.1. The normalized spacial score (nSPS) is 15.0. The molecule has 0 aliphatic carbocycles. The van der Waals surface area contributed by atoms with Gasteiger partial charge in [0.15, 0.2) is 5.65 Å². The van der Waals surface area contributed by atoms with Crippen LogP contribution >= 0.6 is 0 Å². The summed E-state index contributed by atoms with van der Waals surface area (Å²) in [7, 11) is 0. The van der Waals surface area contributed by atoms with Gasteiger partial charge >= 0.3 is 0 Å². The Balaban J connectivity index is 1.67. The molecule has 4 rings (SSSR count). The second-order valence-corrected chi connectivity index (χ2v) is 5.79. The van der Waals surface area contributed by atoms with Gasteiger partial charge in [0.2, 0.25) is 5.91 Å². The van der Waals surface area contributed by atoms with E-state index < -0.39 is 0 Å². The van der Waals surface area contributed by atoms with Crippen molar-refractivity contribution in [2.75, 3.05) is 31.1 Å². The van der Waals surface area contributed by atoms with E-state index in [-0.39, 0.29) is 12.3 Å². The van der Waals surface area contributed by atoms with E-state index in [4.69, 9.17) is 5.26 Å². The lowest BCUT2D eigenvalue weighted by molar-refractivity contribution is -0.130. The van der Waals surface area contributed by atoms with E-state index in [1.807, 2.05) is 18.3 Å². The van der Waals surface area contributed by atoms with Crippen LogP contribution in [0.3, 0.4) is 0 Å². The highest BCUT2D eigenvalue weighted by Crippen LogP contribution is 2.31. The minimum absolute atomic E-state index is 0.0469. The number of H-pyrrole nitrogens is 1. The fraction of sp³-hybridized carbons (Fsp3) is 0.294. The van der Waals surface area contributed by atoms with Gasteiger partial charge in [0.1, 0.15) is 6.42 Å². The van der Waals surface area contributed by atoms with Crippen LogP contribution in [0.5, 0.6) is 0 Å². The van der Waals surface area contributed by atoms with E-state index >= 15 is 0 Å². The molecule has 7 heteroatoms. The van der Waals surface area contributed by atoms with Gasteiger partial charge in [-0.3, -0.25) is 4.79 Å². The Bertz CT molecular complexity index is 949. The van der Waals surface area contributed by atoms with E-state index in [1.165, 1.54) is 0 Å². The van der Waals surface area contributed by atoms with Gasteiger partial charge in [0.05, 0.1) is 17.8 Å². The van der Waals surface area contributed by atoms with Crippen LogP contribution < -0.4 is 4.90 Å². The first kappa shape index (κ1) is 14.5. The smallest absolute Gasteiger partial charge is 0.236 e. The Kier molecular flexibility index (Phi) is 3.50. The number of carbonyl (C=O) groups is 1. The largest absolute Gasteiger partial charge is 0.367 e. The zero-order chi connectivity index (χ0) is 16.5. The van der Waals surface area contributed by atoms with Gasteiger partial charge in [-0.05, 0) is 12.1 Å². The van der Waals surface area contributed by atoms with E-state index in [0.717, 1.165) is 40.7 Å². The molecule has 24 heavy (non-hydrogen) atoms. The number of aromatic amines is 1. The number of nitrogens with one attached hydrogen (secondary N) is 1. The predicted molar refractivity (Wildman–Crippen MR) is 90.4 cm³/mol. The highest BCUT2D eigenvalue weighted by atomic mass is 16.2. The summed E-state index contributed by atoms with van der Waals surface area (Å²) in [4.78, 5) is 27.8. The number of amides is 1. The summed E-state index contributed by atoms with van der Waals surface area (Å²) in [6, 6.07) is 5.96. The zero-order valence-corrected chi connectivity index (χ0v) is 13.1. The van der Waals surface area contributed by atoms with Crippen LogP contribution in [0.2, 0.25) is 0 Å². The van der Waals surface area contributed by atoms with E-state index in [2.05, 4.69) is 25.9 Å². The summed E-state index contributed by atoms with van der Waals surface area (Å²) >= 11 is 0. The number of hydrogen-bond donors (Lipinski definition) is 1. The molecule has 0 radical (unpaired) electrons. The van der Waals surface area contributed by atoms with Gasteiger partial charge in [0.25, 0.3) is 0 Å². The number of piperazine rings is 1. The lowest BCUT2D eigenvalue weighted by Crippen LogP contribution is -2.48. The standard InChI is InChI=1S/C17H16N6O/c18-4-1-15(24)23-9-7-22(8-10-23)14-3-6-19-13-11-21-17-12(16(13)14)2-5-20-17/h2-3,5-6,11,19H,1,7-10H2. The number of pyridine rings is 2. The topological polar surface area (TPSA) is 88.9 Å². The SMILES string of the molecule is N#CCC(=O)N1CCN(c2cc[nH]c3cnc4nccc4c23)CC1. The predicted octanol–water partition coefficient (Wildman–Crippen LogP) is 1.67. The summed E-state index contributed by atoms with van der Waals surface area (Å²) in [6.45, 7) is 2.75. The van der Waals surface area contributed by atoms with Crippen molar-refractivity contribution in [2.45, 2.75) is 6.42 Å². The third-order valence-electron chi connectivity index (χ3n) is 4.47. The highest BCUT2D eigenvalue weighted by Gasteiger charge is 2.22. The molecule has 1 amide bonds. The molecular formula is C17H16N6O. The summed E-state index contributed by atoms with van der Waals surface area (Å²) < 4.78 is 0. The molecule has 1 aliphatic heterocycles. The molecule has 7 nitrogen and oxygen atoms in total. The van der Waals surface area contributed by atoms with Gasteiger partial charge in [-0.2, -0.15) is 5.26 Å². The van der Waals surface area contributed by atoms with Crippen LogP contribution in [0.1, 0.15) is 6.42 Å². The summed E-state index contributed by atoms with van der Waals surface area (Å²) in [5.41, 5.74) is 2.83. The van der Waals surface area contributed by atoms with Crippen molar-refractivity contribution in [1.29, 1.82) is 5.26 Å². The second kappa shape index (κ2) is 5.81. The van der Waals surface area contributed by atoms with Crippen molar-refractivity contribution in [1.82, 2.24) is 19.9 Å². The molecule has 1 fully saturated rings. The fourth-order valence-electron chi connectivity index (χ4n) is 3.28. The Morgan fingerprint density at radius 2 is 2.08 bits per heavy atom. The number of nitrogens with zero attached hydrogens (tertiary/aromatic N) is 5. The number of hydrogen-bond acceptors (Lipinski definition) is 5. The van der Waals surface area contributed by atoms with Gasteiger partial charge in [-0.1, -0.05) is 0 Å². The zero-order valence-electron chi connectivity index (χ0n) is 13.1. The Labute approximate surface area is 138 Å². The summed E-state index contributed by atoms with van der Waals surface area (Å²) in [6.07, 6.45) is 5.44. The van der Waals surface area contributed by atoms with E-state index in [1.54, 1.807) is 17.3 Å². The quantitative estimate of drug-likeness (QED) is 0.776. The molecule has 120 valence electrons. The minimum Gasteiger partial charge on any atom is -0.367 e. The van der Waals surface area contributed by atoms with Crippen molar-refractivity contribution in [2.24, 2.45) is 0 Å². The molecule has 4 heterocycles. The van der Waals surface area contributed by atoms with Crippen molar-refractivity contribution in [3.05, 3.63) is 30.7 Å². The van der Waals surface area contributed by atoms with Crippen molar-refractivity contribution in [3.63, 3.8) is 0 Å². The second-order valence-electron chi connectivity index (χ2n) is 5.79. The molecule has 1 saturated heterocycles. The molecule has 0 spiro atoms. The van der Waals surface area contributed by atoms with Crippen LogP contribution in [0.15, 0.2) is 30.7 Å². The third-order valence-corrected chi connectivity index (χ3v) is 4.47. The van der Waals surface area contributed by atoms with Crippen molar-refractivity contribution in [3.8, 4) is 6.07 Å². The monoisotopic (exact) mass is 320 g/mol. The minimum atomic E-state index is -0.0878. The van der Waals surface area contributed by atoms with Crippen LogP contribution in [0, 0.1) is 11.3 Å². The molecule has 3 aromatic heterocycles. The maximum Gasteiger partial charge on any atom is 0.236 e. The number of aromatic nitrogens is 3. The molecule has 0 saturated carbocycles. The average molecular weight is 320 g/mol. The maximum atomic E-state index is 11.9. The van der Waals surface area contributed by atoms with Gasteiger partial charge in [0, 0.05) is 55.0 Å². The first-order valence-corrected chi connectivity index (χ1v) is 7.88. The van der Waals surface area contributed by atoms with Crippen LogP contribution in [-0.2, 0) is 4.79 Å². The lowest BCUT2D eigenvalue weighted by Gasteiger charge is -2.36. The van der Waals surface area contributed by atoms with Gasteiger partial charge < -0.3 is 14.8 Å². The average Bonchev–Trinajstić information content (AvgIpc) is 3.10. The fourth-order valence-corrected chi connectivity index (χ4v) is 3.28. The molecule has 0 unspecified atom stereocenters. The first-order chi connectivity index (χ1) is 11.8. The molecule has 1 aliphatic rings. The number of rotatable bonds is 2. The number of carbonyl (C=O) groups excluding carboxylic acids is 1. The maximum absolute atomic E-state index is 11.9. The first-order valence-electron chi connectivity index (χ1n) is 7.88. The molecule has 0 bridgehead atoms. The number of nitriles is 1. The van der Waals surface area contributed by atoms with E-state index in [0.29, 0.717) is 13.1 Å². The van der Waals surface area contributed by atoms with Gasteiger partial charge in [-0.25, -0.2) is 9.97 Å². The summed E-state index contributed by atoms with van der Waals surface area (Å²) in [5.74, 6) is -0.0878. The van der Waals surface area contributed by atoms with Crippen molar-refractivity contribution >= 4 is 33.5 Å². The highest BCUT2D eigenvalue weighted by molar-refractivity contribution is 6.10. The molecule has 1 N–H and O–H groups in total. The summed E-state index contributed by atoms with van der Waals surface area (Å²) in [5, 5.41) is 10.8. The number of anilines is 1. The Hall–Kier alpha value is -3.14. The van der Waals surface area contributed by atoms with Crippen molar-refractivity contribution < 1.29 is 4.79 Å². The third kappa shape index (κ3) is 2.33. The van der Waals surface area contributed by atoms with Crippen LogP contribution in [0.4, 0.5) is 5.69 Å². The van der Waals surface area contributed by atoms with Gasteiger partial charge in [-0.15, -0.1) is 0 Å². The van der Waals surface area contributed by atoms with E-state index in [9.17, 15) is 4.79 Å². The van der Waals surface area contributed by atoms with Crippen LogP contribution in [-0.4, -0.2) is 51.9 Å². The van der Waals surface area contributed by atoms with Crippen LogP contribution in [0.25, 0.3) is 21.9 Å². The molecule has 0 atom stereocenters. The molecular weight excluding hydrogens is 304 g/mol. The number of fused-ring (bicyclic) bond motifs is 3. The Morgan fingerprint density at radius 3 is 2.88 bits per heavy atom.